The van der Waals surface area contributed by atoms with E-state index in [4.69, 9.17) is 9.68 Å². The van der Waals surface area contributed by atoms with Crippen molar-refractivity contribution in [2.75, 3.05) is 69.1 Å². The Hall–Kier alpha value is -4.22. The highest BCUT2D eigenvalue weighted by Crippen LogP contribution is 2.43. The van der Waals surface area contributed by atoms with E-state index in [2.05, 4.69) is 44.5 Å². The van der Waals surface area contributed by atoms with Crippen LogP contribution in [0.4, 0.5) is 27.1 Å². The van der Waals surface area contributed by atoms with E-state index < -0.39 is 5.82 Å². The third kappa shape index (κ3) is 7.37. The number of amides is 1. The van der Waals surface area contributed by atoms with Gasteiger partial charge in [-0.15, -0.1) is 0 Å². The molecule has 11 heteroatoms. The zero-order valence-corrected chi connectivity index (χ0v) is 26.7. The molecule has 0 unspecified atom stereocenters. The number of carbonyl (C=O) groups is 1. The number of likely N-dealkylation sites (N-methyl/N-ethyl adjacent to an activating group) is 1. The number of hydroxylamine groups is 2. The molecule has 1 amide bonds. The predicted octanol–water partition coefficient (Wildman–Crippen LogP) is 6.00. The van der Waals surface area contributed by atoms with Crippen LogP contribution in [0.15, 0.2) is 53.8 Å². The number of hydrogen-bond donors (Lipinski definition) is 2. The molecular formula is C34H44FN7O3. The molecule has 3 aromatic rings. The standard InChI is InChI=1S/C34H44FN7O3/c1-24-22-27(44-5)23-25(2)31(24)39-45-40(4)21-16-38-32-29(36-3)7-6-28(35)30(32)33(43)42-19-12-34(13-20-42)10-17-41(18-11-34)26-8-14-37-15-9-26/h6-9,14-15,22-23,38-39H,3,10-13,16-21H2,1-2,4-5H3. The van der Waals surface area contributed by atoms with Crippen LogP contribution in [-0.4, -0.2) is 81.0 Å². The average molecular weight is 618 g/mol. The van der Waals surface area contributed by atoms with Crippen molar-refractivity contribution in [3.63, 3.8) is 0 Å². The van der Waals surface area contributed by atoms with Gasteiger partial charge in [0.05, 0.1) is 24.2 Å². The number of hydrogen-bond acceptors (Lipinski definition) is 9. The van der Waals surface area contributed by atoms with Gasteiger partial charge < -0.3 is 19.9 Å². The van der Waals surface area contributed by atoms with Crippen LogP contribution < -0.4 is 20.4 Å². The van der Waals surface area contributed by atoms with E-state index in [-0.39, 0.29) is 16.9 Å². The zero-order valence-electron chi connectivity index (χ0n) is 26.7. The number of methoxy groups -OCH3 is 1. The third-order valence-electron chi connectivity index (χ3n) is 9.25. The number of nitrogens with one attached hydrogen (secondary N) is 2. The first-order chi connectivity index (χ1) is 21.7. The maximum Gasteiger partial charge on any atom is 0.259 e. The molecule has 0 atom stereocenters. The van der Waals surface area contributed by atoms with Gasteiger partial charge in [-0.2, -0.15) is 10.0 Å². The number of aryl methyl sites for hydroxylation is 2. The molecule has 0 bridgehead atoms. The first kappa shape index (κ1) is 32.2. The van der Waals surface area contributed by atoms with Gasteiger partial charge in [-0.25, -0.2) is 9.87 Å². The third-order valence-corrected chi connectivity index (χ3v) is 9.25. The fraction of sp³-hybridized carbons (Fsp3) is 0.441. The van der Waals surface area contributed by atoms with E-state index in [1.54, 1.807) is 30.2 Å². The van der Waals surface area contributed by atoms with E-state index in [1.165, 1.54) is 11.8 Å². The summed E-state index contributed by atoms with van der Waals surface area (Å²) in [4.78, 5) is 32.0. The minimum atomic E-state index is -0.572. The molecule has 2 aromatic carbocycles. The monoisotopic (exact) mass is 617 g/mol. The number of aromatic nitrogens is 1. The molecule has 1 spiro atoms. The topological polar surface area (TPSA) is 94.6 Å². The molecule has 0 saturated carbocycles. The Morgan fingerprint density at radius 1 is 1.04 bits per heavy atom. The Bertz CT molecular complexity index is 1460. The fourth-order valence-electron chi connectivity index (χ4n) is 6.43. The highest BCUT2D eigenvalue weighted by molar-refractivity contribution is 6.02. The molecular weight excluding hydrogens is 573 g/mol. The normalized spacial score (nSPS) is 16.1. The lowest BCUT2D eigenvalue weighted by Gasteiger charge is -2.47. The van der Waals surface area contributed by atoms with Crippen molar-refractivity contribution in [2.24, 2.45) is 10.4 Å². The summed E-state index contributed by atoms with van der Waals surface area (Å²) in [6.07, 6.45) is 7.65. The number of aliphatic imine (C=N–C) groups is 1. The Morgan fingerprint density at radius 3 is 2.31 bits per heavy atom. The summed E-state index contributed by atoms with van der Waals surface area (Å²) in [5.74, 6) is -0.106. The molecule has 3 heterocycles. The number of likely N-dealkylation sites (tertiary alicyclic amines) is 1. The molecule has 2 N–H and O–H groups in total. The highest BCUT2D eigenvalue weighted by Gasteiger charge is 2.39. The largest absolute Gasteiger partial charge is 0.497 e. The van der Waals surface area contributed by atoms with Gasteiger partial charge >= 0.3 is 0 Å². The Morgan fingerprint density at radius 2 is 1.69 bits per heavy atom. The molecule has 0 radical (unpaired) electrons. The lowest BCUT2D eigenvalue weighted by Crippen LogP contribution is -2.48. The Balaban J connectivity index is 1.18. The quantitative estimate of drug-likeness (QED) is 0.200. The second-order valence-corrected chi connectivity index (χ2v) is 12.1. The smallest absolute Gasteiger partial charge is 0.259 e. The number of carbonyl (C=O) groups excluding carboxylic acids is 1. The van der Waals surface area contributed by atoms with Crippen LogP contribution in [0.2, 0.25) is 0 Å². The number of anilines is 3. The first-order valence-electron chi connectivity index (χ1n) is 15.5. The number of piperidine rings is 2. The van der Waals surface area contributed by atoms with Crippen LogP contribution in [0.1, 0.15) is 47.2 Å². The second-order valence-electron chi connectivity index (χ2n) is 12.1. The summed E-state index contributed by atoms with van der Waals surface area (Å²) in [6, 6.07) is 10.8. The van der Waals surface area contributed by atoms with E-state index in [1.807, 2.05) is 38.4 Å². The van der Waals surface area contributed by atoms with E-state index in [0.29, 0.717) is 37.6 Å². The summed E-state index contributed by atoms with van der Waals surface area (Å²) >= 11 is 0. The molecule has 2 aliphatic rings. The summed E-state index contributed by atoms with van der Waals surface area (Å²) in [5.41, 5.74) is 8.05. The summed E-state index contributed by atoms with van der Waals surface area (Å²) < 4.78 is 20.7. The predicted molar refractivity (Wildman–Crippen MR) is 177 cm³/mol. The van der Waals surface area contributed by atoms with Gasteiger partial charge in [-0.1, -0.05) is 0 Å². The van der Waals surface area contributed by atoms with Gasteiger partial charge in [-0.3, -0.25) is 14.8 Å². The first-order valence-corrected chi connectivity index (χ1v) is 15.5. The van der Waals surface area contributed by atoms with Crippen LogP contribution in [0.3, 0.4) is 0 Å². The number of pyridine rings is 1. The number of halogens is 1. The van der Waals surface area contributed by atoms with Crippen molar-refractivity contribution >= 4 is 35.4 Å². The Labute approximate surface area is 265 Å². The number of ether oxygens (including phenoxy) is 1. The van der Waals surface area contributed by atoms with Crippen molar-refractivity contribution in [1.82, 2.24) is 14.9 Å². The Kier molecular flexibility index (Phi) is 10.2. The highest BCUT2D eigenvalue weighted by atomic mass is 19.1. The summed E-state index contributed by atoms with van der Waals surface area (Å²) in [7, 11) is 3.43. The minimum absolute atomic E-state index is 0.00883. The molecule has 45 heavy (non-hydrogen) atoms. The van der Waals surface area contributed by atoms with Crippen LogP contribution in [0.25, 0.3) is 0 Å². The van der Waals surface area contributed by atoms with Crippen LogP contribution in [0, 0.1) is 25.1 Å². The average Bonchev–Trinajstić information content (AvgIpc) is 3.05. The maximum atomic E-state index is 15.3. The van der Waals surface area contributed by atoms with E-state index >= 15 is 4.39 Å². The van der Waals surface area contributed by atoms with Crippen LogP contribution >= 0.6 is 0 Å². The van der Waals surface area contributed by atoms with Gasteiger partial charge in [0.25, 0.3) is 5.91 Å². The van der Waals surface area contributed by atoms with Gasteiger partial charge in [-0.05, 0) is 99.2 Å². The summed E-state index contributed by atoms with van der Waals surface area (Å²) in [5, 5.41) is 4.87. The molecule has 2 aliphatic heterocycles. The number of nitrogens with zero attached hydrogens (tertiary/aromatic N) is 5. The maximum absolute atomic E-state index is 15.3. The molecule has 0 aliphatic carbocycles. The lowest BCUT2D eigenvalue weighted by atomic mass is 9.71. The van der Waals surface area contributed by atoms with Crippen molar-refractivity contribution < 1.29 is 18.9 Å². The zero-order chi connectivity index (χ0) is 32.0. The molecule has 2 saturated heterocycles. The fourth-order valence-corrected chi connectivity index (χ4v) is 6.43. The van der Waals surface area contributed by atoms with E-state index in [0.717, 1.165) is 61.3 Å². The van der Waals surface area contributed by atoms with Crippen LogP contribution in [0.5, 0.6) is 5.75 Å². The van der Waals surface area contributed by atoms with Crippen molar-refractivity contribution in [1.29, 1.82) is 0 Å². The number of rotatable bonds is 11. The van der Waals surface area contributed by atoms with Gasteiger partial charge in [0.2, 0.25) is 0 Å². The lowest BCUT2D eigenvalue weighted by molar-refractivity contribution is -0.106. The van der Waals surface area contributed by atoms with Crippen molar-refractivity contribution in [3.8, 4) is 5.75 Å². The number of benzene rings is 2. The van der Waals surface area contributed by atoms with Crippen molar-refractivity contribution in [3.05, 3.63) is 71.3 Å². The molecule has 1 aromatic heterocycles. The molecule has 5 rings (SSSR count). The van der Waals surface area contributed by atoms with Crippen molar-refractivity contribution in [2.45, 2.75) is 39.5 Å². The van der Waals surface area contributed by atoms with Gasteiger partial charge in [0.15, 0.2) is 0 Å². The van der Waals surface area contributed by atoms with Crippen LogP contribution in [-0.2, 0) is 4.94 Å². The van der Waals surface area contributed by atoms with Gasteiger partial charge in [0.1, 0.15) is 17.1 Å². The van der Waals surface area contributed by atoms with Gasteiger partial charge in [0, 0.05) is 64.4 Å². The molecule has 240 valence electrons. The minimum Gasteiger partial charge on any atom is -0.497 e. The summed E-state index contributed by atoms with van der Waals surface area (Å²) in [6.45, 7) is 11.6. The second kappa shape index (κ2) is 14.3. The van der Waals surface area contributed by atoms with E-state index in [9.17, 15) is 4.79 Å². The SMILES string of the molecule is C=Nc1ccc(F)c(C(=O)N2CCC3(CC2)CCN(c2ccncc2)CC3)c1NCCN(C)ONc1c(C)cc(OC)cc1C. The molecule has 10 nitrogen and oxygen atoms in total. The molecule has 2 fully saturated rings.